The quantitative estimate of drug-likeness (QED) is 0.143. The average molecular weight is 484 g/mol. The number of nitrogens with zero attached hydrogens (tertiary/aromatic N) is 2. The lowest BCUT2D eigenvalue weighted by molar-refractivity contribution is -0.0964. The minimum absolute atomic E-state index is 0.166. The zero-order valence-corrected chi connectivity index (χ0v) is 16.4. The number of hydrogen-bond donors (Lipinski definition) is 8. The Hall–Kier alpha value is -1.07. The van der Waals surface area contributed by atoms with Gasteiger partial charge in [-0.3, -0.25) is 9.09 Å². The van der Waals surface area contributed by atoms with E-state index in [1.807, 2.05) is 0 Å². The van der Waals surface area contributed by atoms with Crippen molar-refractivity contribution in [1.29, 1.82) is 0 Å². The molecular weight excluding hydrogens is 469 g/mol. The molecule has 21 heteroatoms. The van der Waals surface area contributed by atoms with Crippen LogP contribution in [0.15, 0.2) is 17.1 Å². The van der Waals surface area contributed by atoms with Crippen molar-refractivity contribution in [2.45, 2.75) is 24.7 Å². The minimum Gasteiger partial charge on any atom is -0.385 e. The van der Waals surface area contributed by atoms with Gasteiger partial charge in [0.2, 0.25) is 0 Å². The van der Waals surface area contributed by atoms with Crippen molar-refractivity contribution in [3.63, 3.8) is 0 Å². The number of phosphoric acid groups is 3. The second-order valence-electron chi connectivity index (χ2n) is 5.27. The predicted octanol–water partition coefficient (Wildman–Crippen LogP) is -2.27. The molecule has 1 aliphatic heterocycles. The van der Waals surface area contributed by atoms with Crippen LogP contribution in [0.5, 0.6) is 0 Å². The Labute approximate surface area is 159 Å². The van der Waals surface area contributed by atoms with Crippen LogP contribution >= 0.6 is 23.5 Å². The van der Waals surface area contributed by atoms with E-state index in [2.05, 4.69) is 18.1 Å². The molecule has 29 heavy (non-hydrogen) atoms. The molecule has 0 aromatic carbocycles. The van der Waals surface area contributed by atoms with Crippen LogP contribution in [0, 0.1) is 0 Å². The molecule has 0 radical (unpaired) electrons. The van der Waals surface area contributed by atoms with Crippen LogP contribution in [0.2, 0.25) is 0 Å². The monoisotopic (exact) mass is 484 g/mol. The largest absolute Gasteiger partial charge is 0.490 e. The number of nitrogen functional groups attached to an aromatic ring is 1. The summed E-state index contributed by atoms with van der Waals surface area (Å²) in [5.41, 5.74) is 5.76. The molecular formula is C8H15N4O14P3. The zero-order chi connectivity index (χ0) is 22.2. The van der Waals surface area contributed by atoms with Crippen LogP contribution in [0.3, 0.4) is 0 Å². The maximum absolute atomic E-state index is 11.9. The van der Waals surface area contributed by atoms with Crippen molar-refractivity contribution < 1.29 is 61.5 Å². The summed E-state index contributed by atoms with van der Waals surface area (Å²) in [6, 6.07) is 1.15. The maximum atomic E-state index is 11.9. The summed E-state index contributed by atoms with van der Waals surface area (Å²) in [4.78, 5) is 50.9. The van der Waals surface area contributed by atoms with Gasteiger partial charge < -0.3 is 40.4 Å². The Balaban J connectivity index is 2.22. The van der Waals surface area contributed by atoms with E-state index < -0.39 is 53.8 Å². The minimum atomic E-state index is -5.81. The number of aliphatic hydroxyl groups is 1. The molecule has 9 N–H and O–H groups in total. The van der Waals surface area contributed by atoms with Crippen molar-refractivity contribution >= 4 is 29.3 Å². The first-order valence-corrected chi connectivity index (χ1v) is 11.6. The van der Waals surface area contributed by atoms with Gasteiger partial charge in [0.1, 0.15) is 18.0 Å². The van der Waals surface area contributed by atoms with Gasteiger partial charge in [-0.05, 0) is 6.07 Å². The SMILES string of the molecule is Nc1ccn([C@@H]2O[C@H](NO)[C@@H](OP(=O)(O)OP(=O)(O)OP(=O)(O)O)[C@H]2O)c(=O)n1. The lowest BCUT2D eigenvalue weighted by atomic mass is 10.2. The number of rotatable bonds is 8. The molecule has 1 aliphatic rings. The summed E-state index contributed by atoms with van der Waals surface area (Å²) in [5.74, 6) is -0.166. The number of aliphatic hydroxyl groups excluding tert-OH is 1. The number of hydrogen-bond acceptors (Lipinski definition) is 13. The first kappa shape index (κ1) is 24.2. The third-order valence-electron chi connectivity index (χ3n) is 3.14. The second-order valence-corrected chi connectivity index (χ2v) is 9.64. The van der Waals surface area contributed by atoms with Gasteiger partial charge in [0.15, 0.2) is 12.5 Å². The molecule has 2 unspecified atom stereocenters. The maximum Gasteiger partial charge on any atom is 0.490 e. The van der Waals surface area contributed by atoms with E-state index in [0.29, 0.717) is 4.57 Å². The summed E-state index contributed by atoms with van der Waals surface area (Å²) in [6.07, 6.45) is -6.38. The molecule has 1 saturated heterocycles. The Morgan fingerprint density at radius 1 is 1.17 bits per heavy atom. The highest BCUT2D eigenvalue weighted by Crippen LogP contribution is 2.67. The first-order valence-electron chi connectivity index (χ1n) is 7.04. The molecule has 0 saturated carbocycles. The van der Waals surface area contributed by atoms with E-state index in [-0.39, 0.29) is 5.82 Å². The fourth-order valence-electron chi connectivity index (χ4n) is 2.17. The number of hydroxylamine groups is 1. The first-order chi connectivity index (χ1) is 13.1. The Bertz CT molecular complexity index is 947. The highest BCUT2D eigenvalue weighted by atomic mass is 31.3. The summed E-state index contributed by atoms with van der Waals surface area (Å²) in [6.45, 7) is 0. The zero-order valence-electron chi connectivity index (χ0n) is 13.7. The Morgan fingerprint density at radius 3 is 2.31 bits per heavy atom. The van der Waals surface area contributed by atoms with E-state index in [1.54, 1.807) is 0 Å². The molecule has 0 bridgehead atoms. The molecule has 18 nitrogen and oxygen atoms in total. The average Bonchev–Trinajstić information content (AvgIpc) is 2.79. The molecule has 1 aromatic rings. The van der Waals surface area contributed by atoms with Crippen molar-refractivity contribution in [3.8, 4) is 0 Å². The van der Waals surface area contributed by atoms with Gasteiger partial charge in [0.05, 0.1) is 0 Å². The van der Waals surface area contributed by atoms with E-state index >= 15 is 0 Å². The van der Waals surface area contributed by atoms with Crippen LogP contribution in [-0.4, -0.2) is 57.9 Å². The van der Waals surface area contributed by atoms with E-state index in [1.165, 1.54) is 5.48 Å². The Morgan fingerprint density at radius 2 is 1.79 bits per heavy atom. The fourth-order valence-corrected chi connectivity index (χ4v) is 5.38. The van der Waals surface area contributed by atoms with E-state index in [4.69, 9.17) is 30.4 Å². The third-order valence-corrected chi connectivity index (χ3v) is 6.97. The predicted molar refractivity (Wildman–Crippen MR) is 86.5 cm³/mol. The molecule has 166 valence electrons. The molecule has 2 heterocycles. The lowest BCUT2D eigenvalue weighted by Gasteiger charge is -2.23. The van der Waals surface area contributed by atoms with Gasteiger partial charge in [-0.25, -0.2) is 18.5 Å². The van der Waals surface area contributed by atoms with Crippen LogP contribution in [0.25, 0.3) is 0 Å². The molecule has 1 aromatic heterocycles. The third kappa shape index (κ3) is 6.45. The smallest absolute Gasteiger partial charge is 0.385 e. The van der Waals surface area contributed by atoms with Crippen LogP contribution < -0.4 is 16.9 Å². The second kappa shape index (κ2) is 8.58. The van der Waals surface area contributed by atoms with Gasteiger partial charge in [0, 0.05) is 6.20 Å². The van der Waals surface area contributed by atoms with Crippen LogP contribution in [0.4, 0.5) is 5.82 Å². The van der Waals surface area contributed by atoms with Crippen molar-refractivity contribution in [1.82, 2.24) is 15.0 Å². The van der Waals surface area contributed by atoms with E-state index in [0.717, 1.165) is 12.3 Å². The number of aromatic nitrogens is 2. The van der Waals surface area contributed by atoms with E-state index in [9.17, 15) is 28.5 Å². The molecule has 2 rings (SSSR count). The van der Waals surface area contributed by atoms with Gasteiger partial charge in [0.25, 0.3) is 0 Å². The van der Waals surface area contributed by atoms with Gasteiger partial charge in [-0.15, -0.1) is 0 Å². The molecule has 0 aliphatic carbocycles. The number of phosphoric ester groups is 1. The van der Waals surface area contributed by atoms with Crippen LogP contribution in [-0.2, 0) is 31.6 Å². The summed E-state index contributed by atoms with van der Waals surface area (Å²) in [7, 11) is -17.1. The summed E-state index contributed by atoms with van der Waals surface area (Å²) < 4.78 is 51.1. The summed E-state index contributed by atoms with van der Waals surface area (Å²) >= 11 is 0. The molecule has 1 fully saturated rings. The number of anilines is 1. The number of nitrogens with two attached hydrogens (primary N) is 1. The number of nitrogens with one attached hydrogen (secondary N) is 1. The van der Waals surface area contributed by atoms with Crippen molar-refractivity contribution in [3.05, 3.63) is 22.7 Å². The van der Waals surface area contributed by atoms with Gasteiger partial charge in [-0.2, -0.15) is 19.1 Å². The fraction of sp³-hybridized carbons (Fsp3) is 0.500. The standard InChI is InChI=1S/C8H15N4O14P3/c9-3-1-2-12(8(14)10-3)7-4(13)5(6(11-15)23-7)24-28(19,20)26-29(21,22)25-27(16,17)18/h1-2,4-7,11,13,15H,(H,19,20)(H,21,22)(H2,9,10,14)(H2,16,17,18)/t4-,5+,6+,7-/m1/s1. The molecule has 0 amide bonds. The van der Waals surface area contributed by atoms with Gasteiger partial charge in [-0.1, -0.05) is 0 Å². The lowest BCUT2D eigenvalue weighted by Crippen LogP contribution is -2.41. The number of ether oxygens (including phenoxy) is 1. The van der Waals surface area contributed by atoms with Crippen molar-refractivity contribution in [2.75, 3.05) is 5.73 Å². The van der Waals surface area contributed by atoms with Gasteiger partial charge >= 0.3 is 29.2 Å². The normalized spacial score (nSPS) is 29.3. The highest BCUT2D eigenvalue weighted by molar-refractivity contribution is 7.66. The Kier molecular flexibility index (Phi) is 7.16. The molecule has 6 atom stereocenters. The van der Waals surface area contributed by atoms with Crippen LogP contribution in [0.1, 0.15) is 6.23 Å². The van der Waals surface area contributed by atoms with Crippen molar-refractivity contribution in [2.24, 2.45) is 0 Å². The highest BCUT2D eigenvalue weighted by Gasteiger charge is 2.51. The molecule has 0 spiro atoms. The summed E-state index contributed by atoms with van der Waals surface area (Å²) in [5, 5.41) is 19.3. The topological polar surface area (TPSA) is 282 Å².